The Kier molecular flexibility index (Phi) is 24.1. The van der Waals surface area contributed by atoms with Gasteiger partial charge in [-0.2, -0.15) is 11.8 Å². The maximum absolute atomic E-state index is 14.0. The Labute approximate surface area is 363 Å². The Morgan fingerprint density at radius 3 is 1.61 bits per heavy atom. The van der Waals surface area contributed by atoms with E-state index in [1.165, 1.54) is 16.7 Å². The number of carboxylic acids is 4. The quantitative estimate of drug-likeness (QED) is 0.0386. The molecule has 0 aliphatic carbocycles. The van der Waals surface area contributed by atoms with E-state index in [2.05, 4.69) is 31.9 Å². The minimum atomic E-state index is -1.80. The molecule has 0 aromatic heterocycles. The van der Waals surface area contributed by atoms with Crippen molar-refractivity contribution in [3.63, 3.8) is 0 Å². The molecule has 1 saturated heterocycles. The summed E-state index contributed by atoms with van der Waals surface area (Å²) in [5.74, 6) is -12.3. The zero-order valence-corrected chi connectivity index (χ0v) is 36.4. The molecule has 0 aromatic rings. The molecule has 62 heavy (non-hydrogen) atoms. The molecular formula is C38H62N8O15S. The smallest absolute Gasteiger partial charge is 0.326 e. The van der Waals surface area contributed by atoms with Gasteiger partial charge in [0, 0.05) is 19.4 Å². The lowest BCUT2D eigenvalue weighted by molar-refractivity contribution is -0.147. The average molecular weight is 903 g/mol. The van der Waals surface area contributed by atoms with E-state index in [1.54, 1.807) is 34.0 Å². The highest BCUT2D eigenvalue weighted by Crippen LogP contribution is 2.18. The van der Waals surface area contributed by atoms with Crippen molar-refractivity contribution in [1.29, 1.82) is 0 Å². The number of nitrogens with zero attached hydrogens (tertiary/aromatic N) is 1. The predicted molar refractivity (Wildman–Crippen MR) is 221 cm³/mol. The van der Waals surface area contributed by atoms with Gasteiger partial charge in [-0.25, -0.2) is 4.79 Å². The molecule has 7 amide bonds. The molecular weight excluding hydrogens is 841 g/mol. The van der Waals surface area contributed by atoms with Crippen molar-refractivity contribution in [2.45, 2.75) is 134 Å². The molecule has 8 atom stereocenters. The van der Waals surface area contributed by atoms with Gasteiger partial charge in [0.1, 0.15) is 42.3 Å². The van der Waals surface area contributed by atoms with E-state index in [0.717, 1.165) is 0 Å². The lowest BCUT2D eigenvalue weighted by atomic mass is 9.96. The number of amides is 7. The standard InChI is InChI=1S/C38H62N8O15S/c1-6-20(4)31(37(59)43-24(16-19(2)3)35(57)41-23(13-15-62-5)33(55)44-25(38(60)61)17-30(52)53)45-34(56)22(10-12-29(50)51)40-32(54)21(9-11-28(48)49)42-36(58)26-8-7-14-46(26)27(47)18-39/h19-26,31H,6-18,39H2,1-5H3,(H,40,54)(H,41,57)(H,42,58)(H,43,59)(H,44,55)(H,45,56)(H,48,49)(H,50,51)(H,52,53)(H,60,61)/t20-,21-,22-,23-,24-,25-,26-,31-/m0/s1. The first-order valence-electron chi connectivity index (χ1n) is 20.2. The zero-order valence-electron chi connectivity index (χ0n) is 35.6. The highest BCUT2D eigenvalue weighted by molar-refractivity contribution is 7.98. The predicted octanol–water partition coefficient (Wildman–Crippen LogP) is -2.02. The van der Waals surface area contributed by atoms with E-state index in [-0.39, 0.29) is 44.7 Å². The zero-order chi connectivity index (χ0) is 47.3. The summed E-state index contributed by atoms with van der Waals surface area (Å²) in [4.78, 5) is 141. The second-order valence-electron chi connectivity index (χ2n) is 15.3. The van der Waals surface area contributed by atoms with E-state index in [4.69, 9.17) is 10.8 Å². The molecule has 1 rings (SSSR count). The number of thioether (sulfide) groups is 1. The molecule has 24 heteroatoms. The first-order valence-corrected chi connectivity index (χ1v) is 21.6. The minimum Gasteiger partial charge on any atom is -0.481 e. The van der Waals surface area contributed by atoms with Crippen LogP contribution in [-0.2, 0) is 52.7 Å². The number of hydrogen-bond donors (Lipinski definition) is 11. The SMILES string of the molecule is CC[C@H](C)[C@H](NC(=O)[C@H](CCC(=O)O)NC(=O)[C@H](CCC(=O)O)NC(=O)[C@@H]1CCCN1C(=O)CN)C(=O)N[C@@H](CC(C)C)C(=O)N[C@@H](CCSC)C(=O)N[C@@H](CC(=O)O)C(=O)O. The van der Waals surface area contributed by atoms with Gasteiger partial charge < -0.3 is 63.0 Å². The first kappa shape index (κ1) is 54.5. The summed E-state index contributed by atoms with van der Waals surface area (Å²) in [5.41, 5.74) is 5.47. The summed E-state index contributed by atoms with van der Waals surface area (Å²) in [6.07, 6.45) is -0.393. The van der Waals surface area contributed by atoms with Gasteiger partial charge in [-0.05, 0) is 62.4 Å². The molecule has 0 unspecified atom stereocenters. The Hall–Kier alpha value is -5.52. The van der Waals surface area contributed by atoms with E-state index >= 15 is 0 Å². The first-order chi connectivity index (χ1) is 29.1. The summed E-state index contributed by atoms with van der Waals surface area (Å²) < 4.78 is 0. The maximum Gasteiger partial charge on any atom is 0.326 e. The number of likely N-dealkylation sites (tertiary alicyclic amines) is 1. The summed E-state index contributed by atoms with van der Waals surface area (Å²) in [7, 11) is 0. The Morgan fingerprint density at radius 2 is 1.15 bits per heavy atom. The number of rotatable bonds is 29. The highest BCUT2D eigenvalue weighted by Gasteiger charge is 2.38. The van der Waals surface area contributed by atoms with Crippen LogP contribution in [0.25, 0.3) is 0 Å². The van der Waals surface area contributed by atoms with Gasteiger partial charge in [0.25, 0.3) is 0 Å². The summed E-state index contributed by atoms with van der Waals surface area (Å²) in [5, 5.41) is 51.9. The van der Waals surface area contributed by atoms with Crippen LogP contribution < -0.4 is 37.6 Å². The third kappa shape index (κ3) is 19.0. The monoisotopic (exact) mass is 902 g/mol. The third-order valence-electron chi connectivity index (χ3n) is 9.98. The van der Waals surface area contributed by atoms with Crippen LogP contribution in [0.3, 0.4) is 0 Å². The number of aliphatic carboxylic acids is 4. The lowest BCUT2D eigenvalue weighted by Crippen LogP contribution is -2.61. The van der Waals surface area contributed by atoms with Crippen molar-refractivity contribution in [3.8, 4) is 0 Å². The number of nitrogens with two attached hydrogens (primary N) is 1. The number of carbonyl (C=O) groups is 11. The van der Waals surface area contributed by atoms with Gasteiger partial charge in [-0.15, -0.1) is 0 Å². The molecule has 1 aliphatic heterocycles. The van der Waals surface area contributed by atoms with Crippen LogP contribution >= 0.6 is 11.8 Å². The van der Waals surface area contributed by atoms with Crippen molar-refractivity contribution >= 4 is 77.0 Å². The summed E-state index contributed by atoms with van der Waals surface area (Å²) in [6.45, 7) is 6.64. The van der Waals surface area contributed by atoms with Crippen LogP contribution in [0.1, 0.15) is 91.9 Å². The lowest BCUT2D eigenvalue weighted by Gasteiger charge is -2.30. The number of carboxylic acid groups (broad SMARTS) is 4. The molecule has 1 fully saturated rings. The molecule has 0 saturated carbocycles. The molecule has 1 aliphatic rings. The minimum absolute atomic E-state index is 0.00330. The van der Waals surface area contributed by atoms with Crippen LogP contribution in [0.4, 0.5) is 0 Å². The largest absolute Gasteiger partial charge is 0.481 e. The summed E-state index contributed by atoms with van der Waals surface area (Å²) >= 11 is 1.31. The molecule has 0 radical (unpaired) electrons. The van der Waals surface area contributed by atoms with E-state index in [9.17, 15) is 68.1 Å². The van der Waals surface area contributed by atoms with E-state index in [1.807, 2.05) is 0 Å². The van der Waals surface area contributed by atoms with Crippen molar-refractivity contribution in [3.05, 3.63) is 0 Å². The normalized spacial score (nSPS) is 16.9. The fourth-order valence-electron chi connectivity index (χ4n) is 6.41. The molecule has 12 N–H and O–H groups in total. The molecule has 350 valence electrons. The van der Waals surface area contributed by atoms with Crippen LogP contribution in [-0.4, -0.2) is 158 Å². The van der Waals surface area contributed by atoms with Gasteiger partial charge >= 0.3 is 23.9 Å². The molecule has 23 nitrogen and oxygen atoms in total. The Balaban J connectivity index is 3.40. The Bertz CT molecular complexity index is 1630. The second-order valence-corrected chi connectivity index (χ2v) is 16.3. The summed E-state index contributed by atoms with van der Waals surface area (Å²) in [6, 6.07) is -10.0. The third-order valence-corrected chi connectivity index (χ3v) is 10.6. The Morgan fingerprint density at radius 1 is 0.661 bits per heavy atom. The van der Waals surface area contributed by atoms with Crippen LogP contribution in [0.15, 0.2) is 0 Å². The van der Waals surface area contributed by atoms with Gasteiger partial charge in [-0.1, -0.05) is 34.1 Å². The molecule has 1 heterocycles. The van der Waals surface area contributed by atoms with E-state index in [0.29, 0.717) is 12.2 Å². The topological polar surface area (TPSA) is 370 Å². The average Bonchev–Trinajstić information content (AvgIpc) is 3.70. The highest BCUT2D eigenvalue weighted by atomic mass is 32.2. The van der Waals surface area contributed by atoms with Gasteiger partial charge in [0.05, 0.1) is 13.0 Å². The van der Waals surface area contributed by atoms with Crippen molar-refractivity contribution in [1.82, 2.24) is 36.8 Å². The molecule has 0 aromatic carbocycles. The van der Waals surface area contributed by atoms with Gasteiger partial charge in [0.2, 0.25) is 41.4 Å². The van der Waals surface area contributed by atoms with Crippen molar-refractivity contribution < 1.29 is 73.2 Å². The van der Waals surface area contributed by atoms with Gasteiger partial charge in [-0.3, -0.25) is 47.9 Å². The van der Waals surface area contributed by atoms with E-state index < -0.39 is 146 Å². The van der Waals surface area contributed by atoms with Crippen LogP contribution in [0.2, 0.25) is 0 Å². The number of nitrogens with one attached hydrogen (secondary N) is 6. The number of hydrogen-bond acceptors (Lipinski definition) is 13. The maximum atomic E-state index is 14.0. The number of carbonyl (C=O) groups excluding carboxylic acids is 7. The fraction of sp³-hybridized carbons (Fsp3) is 0.711. The molecule has 0 bridgehead atoms. The van der Waals surface area contributed by atoms with Crippen molar-refractivity contribution in [2.24, 2.45) is 17.6 Å². The van der Waals surface area contributed by atoms with Crippen LogP contribution in [0, 0.1) is 11.8 Å². The van der Waals surface area contributed by atoms with Crippen molar-refractivity contribution in [2.75, 3.05) is 25.1 Å². The van der Waals surface area contributed by atoms with Gasteiger partial charge in [0.15, 0.2) is 0 Å². The fourth-order valence-corrected chi connectivity index (χ4v) is 6.88. The van der Waals surface area contributed by atoms with Crippen LogP contribution in [0.5, 0.6) is 0 Å². The second kappa shape index (κ2) is 27.4. The molecule has 0 spiro atoms.